The van der Waals surface area contributed by atoms with Crippen molar-refractivity contribution < 1.29 is 32.2 Å². The fourth-order valence-electron chi connectivity index (χ4n) is 3.88. The highest BCUT2D eigenvalue weighted by Gasteiger charge is 2.30. The third-order valence-corrected chi connectivity index (χ3v) is 5.66. The zero-order valence-corrected chi connectivity index (χ0v) is 18.0. The van der Waals surface area contributed by atoms with Crippen LogP contribution in [0.4, 0.5) is 13.2 Å². The minimum absolute atomic E-state index is 0.0661. The van der Waals surface area contributed by atoms with Crippen LogP contribution in [0.1, 0.15) is 40.1 Å². The van der Waals surface area contributed by atoms with E-state index in [4.69, 9.17) is 14.3 Å². The van der Waals surface area contributed by atoms with Gasteiger partial charge in [-0.05, 0) is 67.8 Å². The van der Waals surface area contributed by atoms with Gasteiger partial charge in [0.15, 0.2) is 5.76 Å². The van der Waals surface area contributed by atoms with Crippen molar-refractivity contribution >= 4 is 5.97 Å². The second-order valence-corrected chi connectivity index (χ2v) is 7.89. The van der Waals surface area contributed by atoms with E-state index in [1.54, 1.807) is 6.92 Å². The van der Waals surface area contributed by atoms with E-state index in [2.05, 4.69) is 10.3 Å². The number of oxazole rings is 1. The summed E-state index contributed by atoms with van der Waals surface area (Å²) < 4.78 is 50.2. The molecule has 0 amide bonds. The molecule has 0 saturated heterocycles. The van der Waals surface area contributed by atoms with Gasteiger partial charge in [0.25, 0.3) is 0 Å². The second-order valence-electron chi connectivity index (χ2n) is 7.89. The molecule has 1 aliphatic rings. The summed E-state index contributed by atoms with van der Waals surface area (Å²) in [6, 6.07) is 8.40. The van der Waals surface area contributed by atoms with Crippen molar-refractivity contribution in [1.82, 2.24) is 10.3 Å². The highest BCUT2D eigenvalue weighted by molar-refractivity contribution is 5.67. The van der Waals surface area contributed by atoms with E-state index in [9.17, 15) is 18.0 Å². The molecule has 6 nitrogen and oxygen atoms in total. The zero-order chi connectivity index (χ0) is 23.6. The van der Waals surface area contributed by atoms with Crippen molar-refractivity contribution in [2.45, 2.75) is 45.5 Å². The number of benzene rings is 2. The van der Waals surface area contributed by atoms with Gasteiger partial charge in [-0.1, -0.05) is 6.07 Å². The number of nitrogens with one attached hydrogen (secondary N) is 1. The molecule has 2 heterocycles. The Kier molecular flexibility index (Phi) is 6.42. The Morgan fingerprint density at radius 1 is 1.18 bits per heavy atom. The Morgan fingerprint density at radius 2 is 1.94 bits per heavy atom. The summed E-state index contributed by atoms with van der Waals surface area (Å²) >= 11 is 0. The monoisotopic (exact) mass is 460 g/mol. The lowest BCUT2D eigenvalue weighted by Crippen LogP contribution is -2.25. The van der Waals surface area contributed by atoms with Gasteiger partial charge in [0.05, 0.1) is 11.3 Å². The van der Waals surface area contributed by atoms with E-state index in [-0.39, 0.29) is 18.9 Å². The number of aromatic nitrogens is 1. The third-order valence-electron chi connectivity index (χ3n) is 5.66. The van der Waals surface area contributed by atoms with Crippen LogP contribution in [0.5, 0.6) is 5.75 Å². The van der Waals surface area contributed by atoms with Crippen molar-refractivity contribution in [2.75, 3.05) is 6.54 Å². The Bertz CT molecular complexity index is 1150. The lowest BCUT2D eigenvalue weighted by Gasteiger charge is -2.23. The molecule has 2 N–H and O–H groups in total. The number of hydrogen-bond acceptors (Lipinski definition) is 5. The number of rotatable bonds is 7. The number of carboxylic acid groups (broad SMARTS) is 1. The molecule has 0 saturated carbocycles. The molecule has 0 radical (unpaired) electrons. The molecule has 174 valence electrons. The smallest absolute Gasteiger partial charge is 0.416 e. The van der Waals surface area contributed by atoms with E-state index in [0.717, 1.165) is 41.8 Å². The number of hydrogen-bond donors (Lipinski definition) is 2. The first kappa shape index (κ1) is 22.8. The molecule has 0 unspecified atom stereocenters. The highest BCUT2D eigenvalue weighted by Crippen LogP contribution is 2.32. The number of alkyl halides is 3. The Labute approximate surface area is 188 Å². The highest BCUT2D eigenvalue weighted by atomic mass is 19.4. The third kappa shape index (κ3) is 5.19. The normalized spacial score (nSPS) is 13.6. The maximum Gasteiger partial charge on any atom is 0.416 e. The van der Waals surface area contributed by atoms with Crippen LogP contribution in [0.3, 0.4) is 0 Å². The van der Waals surface area contributed by atoms with E-state index in [1.165, 1.54) is 12.1 Å². The van der Waals surface area contributed by atoms with Crippen LogP contribution in [0.25, 0.3) is 11.5 Å². The number of ether oxygens (including phenoxy) is 1. The van der Waals surface area contributed by atoms with Crippen LogP contribution in [-0.4, -0.2) is 22.6 Å². The number of aryl methyl sites for hydroxylation is 2. The van der Waals surface area contributed by atoms with Gasteiger partial charge in [0.2, 0.25) is 5.89 Å². The number of carboxylic acids is 1. The molecule has 0 atom stereocenters. The predicted molar refractivity (Wildman–Crippen MR) is 114 cm³/mol. The van der Waals surface area contributed by atoms with Crippen LogP contribution >= 0.6 is 0 Å². The number of aliphatic carboxylic acids is 1. The molecule has 0 fully saturated rings. The van der Waals surface area contributed by atoms with Gasteiger partial charge in [-0.15, -0.1) is 0 Å². The van der Waals surface area contributed by atoms with Crippen molar-refractivity contribution in [1.29, 1.82) is 0 Å². The minimum atomic E-state index is -4.40. The molecule has 4 rings (SSSR count). The lowest BCUT2D eigenvalue weighted by molar-refractivity contribution is -0.138. The maximum atomic E-state index is 12.8. The van der Waals surface area contributed by atoms with E-state index in [0.29, 0.717) is 35.7 Å². The zero-order valence-electron chi connectivity index (χ0n) is 18.0. The summed E-state index contributed by atoms with van der Waals surface area (Å²) in [5.74, 6) is 0.590. The number of halogens is 3. The van der Waals surface area contributed by atoms with Crippen LogP contribution in [-0.2, 0) is 37.0 Å². The van der Waals surface area contributed by atoms with Crippen LogP contribution < -0.4 is 10.1 Å². The largest absolute Gasteiger partial charge is 0.485 e. The van der Waals surface area contributed by atoms with Crippen LogP contribution in [0, 0.1) is 6.92 Å². The van der Waals surface area contributed by atoms with E-state index >= 15 is 0 Å². The number of nitrogens with zero attached hydrogens (tertiary/aromatic N) is 1. The molecule has 3 aromatic rings. The number of fused-ring (bicyclic) bond motifs is 1. The summed E-state index contributed by atoms with van der Waals surface area (Å²) in [5, 5.41) is 12.3. The van der Waals surface area contributed by atoms with Gasteiger partial charge < -0.3 is 19.6 Å². The molecular weight excluding hydrogens is 437 g/mol. The Morgan fingerprint density at radius 3 is 2.64 bits per heavy atom. The van der Waals surface area contributed by atoms with Crippen molar-refractivity contribution in [3.05, 3.63) is 70.1 Å². The van der Waals surface area contributed by atoms with Crippen molar-refractivity contribution in [3.63, 3.8) is 0 Å². The van der Waals surface area contributed by atoms with Crippen molar-refractivity contribution in [3.8, 4) is 17.2 Å². The first-order chi connectivity index (χ1) is 15.7. The summed E-state index contributed by atoms with van der Waals surface area (Å²) in [4.78, 5) is 15.3. The van der Waals surface area contributed by atoms with Gasteiger partial charge in [0.1, 0.15) is 12.4 Å². The minimum Gasteiger partial charge on any atom is -0.485 e. The van der Waals surface area contributed by atoms with E-state index in [1.807, 2.05) is 12.1 Å². The van der Waals surface area contributed by atoms with Gasteiger partial charge in [-0.3, -0.25) is 4.79 Å². The SMILES string of the molecule is Cc1nc(-c2ccc(C(F)(F)F)cc2)oc1COc1ccc(CCC(=O)O)c2c1CCNC2. The summed E-state index contributed by atoms with van der Waals surface area (Å²) in [7, 11) is 0. The quantitative estimate of drug-likeness (QED) is 0.521. The topological polar surface area (TPSA) is 84.6 Å². The van der Waals surface area contributed by atoms with Gasteiger partial charge >= 0.3 is 12.1 Å². The Balaban J connectivity index is 1.51. The van der Waals surface area contributed by atoms with Crippen molar-refractivity contribution in [2.24, 2.45) is 0 Å². The first-order valence-corrected chi connectivity index (χ1v) is 10.5. The first-order valence-electron chi connectivity index (χ1n) is 10.5. The number of carbonyl (C=O) groups is 1. The van der Waals surface area contributed by atoms with Gasteiger partial charge in [-0.2, -0.15) is 13.2 Å². The molecule has 0 spiro atoms. The fourth-order valence-corrected chi connectivity index (χ4v) is 3.88. The van der Waals surface area contributed by atoms with Crippen LogP contribution in [0.2, 0.25) is 0 Å². The molecule has 0 bridgehead atoms. The fraction of sp³-hybridized carbons (Fsp3) is 0.333. The average molecular weight is 460 g/mol. The van der Waals surface area contributed by atoms with Gasteiger partial charge in [-0.25, -0.2) is 4.98 Å². The molecule has 1 aliphatic heterocycles. The second kappa shape index (κ2) is 9.27. The molecule has 0 aliphatic carbocycles. The summed E-state index contributed by atoms with van der Waals surface area (Å²) in [6.07, 6.45) is -3.12. The molecule has 2 aromatic carbocycles. The predicted octanol–water partition coefficient (Wildman–Crippen LogP) is 4.91. The lowest BCUT2D eigenvalue weighted by atomic mass is 9.92. The maximum absolute atomic E-state index is 12.8. The molecule has 33 heavy (non-hydrogen) atoms. The molecule has 9 heteroatoms. The Hall–Kier alpha value is -3.33. The summed E-state index contributed by atoms with van der Waals surface area (Å²) in [6.45, 7) is 3.32. The van der Waals surface area contributed by atoms with Gasteiger partial charge in [0, 0.05) is 24.1 Å². The van der Waals surface area contributed by atoms with Crippen LogP contribution in [0.15, 0.2) is 40.8 Å². The molecular formula is C24H23F3N2O4. The average Bonchev–Trinajstić information content (AvgIpc) is 3.16. The van der Waals surface area contributed by atoms with E-state index < -0.39 is 17.7 Å². The molecule has 1 aromatic heterocycles. The standard InChI is InChI=1S/C24H23F3N2O4/c1-14-21(33-23(29-14)16-2-6-17(7-3-16)24(25,26)27)13-32-20-8-4-15(5-9-22(30)31)19-12-28-11-10-18(19)20/h2-4,6-8,28H,5,9-13H2,1H3,(H,30,31). The summed E-state index contributed by atoms with van der Waals surface area (Å²) in [5.41, 5.74) is 3.43.